The highest BCUT2D eigenvalue weighted by atomic mass is 35.5. The van der Waals surface area contributed by atoms with Crippen molar-refractivity contribution in [1.29, 1.82) is 0 Å². The quantitative estimate of drug-likeness (QED) is 0.336. The second kappa shape index (κ2) is 10.2. The van der Waals surface area contributed by atoms with E-state index in [-0.39, 0.29) is 23.6 Å². The Hall–Kier alpha value is -2.48. The summed E-state index contributed by atoms with van der Waals surface area (Å²) in [5.41, 5.74) is 13.5. The molecule has 0 radical (unpaired) electrons. The van der Waals surface area contributed by atoms with Crippen LogP contribution < -0.4 is 22.1 Å². The summed E-state index contributed by atoms with van der Waals surface area (Å²) >= 11 is 5.89. The highest BCUT2D eigenvalue weighted by Gasteiger charge is 2.15. The van der Waals surface area contributed by atoms with E-state index in [4.69, 9.17) is 23.1 Å². The number of hydrogen-bond acceptors (Lipinski definition) is 3. The van der Waals surface area contributed by atoms with Gasteiger partial charge in [-0.05, 0) is 62.2 Å². The van der Waals surface area contributed by atoms with Gasteiger partial charge in [0.05, 0.1) is 6.17 Å². The number of hydrogen-bond donors (Lipinski definition) is 4. The Labute approximate surface area is 169 Å². The lowest BCUT2D eigenvalue weighted by molar-refractivity contribution is 0.100. The lowest BCUT2D eigenvalue weighted by Gasteiger charge is -2.22. The molecule has 0 saturated heterocycles. The fourth-order valence-corrected chi connectivity index (χ4v) is 2.62. The number of rotatable bonds is 6. The van der Waals surface area contributed by atoms with Gasteiger partial charge >= 0.3 is 0 Å². The molecule has 2 aromatic carbocycles. The second-order valence-corrected chi connectivity index (χ2v) is 7.15. The number of carbonyl (C=O) groups is 1. The van der Waals surface area contributed by atoms with E-state index in [0.717, 1.165) is 5.56 Å². The number of nitrogens with one attached hydrogen (secondary N) is 2. The first kappa shape index (κ1) is 21.8. The maximum absolute atomic E-state index is 13.0. The lowest BCUT2D eigenvalue weighted by atomic mass is 10.0. The Morgan fingerprint density at radius 2 is 1.68 bits per heavy atom. The first-order valence-corrected chi connectivity index (χ1v) is 9.30. The van der Waals surface area contributed by atoms with Crippen LogP contribution in [-0.4, -0.2) is 24.1 Å². The molecule has 6 nitrogen and oxygen atoms in total. The van der Waals surface area contributed by atoms with Crippen LogP contribution in [0.3, 0.4) is 0 Å². The summed E-state index contributed by atoms with van der Waals surface area (Å²) < 4.78 is 13.0. The normalized spacial score (nSPS) is 13.9. The summed E-state index contributed by atoms with van der Waals surface area (Å²) in [4.78, 5) is 16.4. The first-order valence-electron chi connectivity index (χ1n) is 8.93. The summed E-state index contributed by atoms with van der Waals surface area (Å²) in [7, 11) is 0. The average molecular weight is 406 g/mol. The Kier molecular flexibility index (Phi) is 7.92. The van der Waals surface area contributed by atoms with Gasteiger partial charge in [0, 0.05) is 22.7 Å². The van der Waals surface area contributed by atoms with Crippen molar-refractivity contribution in [2.24, 2.45) is 16.5 Å². The minimum atomic E-state index is -0.545. The summed E-state index contributed by atoms with van der Waals surface area (Å²) in [5, 5.41) is 6.67. The highest BCUT2D eigenvalue weighted by Crippen LogP contribution is 2.17. The molecule has 2 aromatic rings. The van der Waals surface area contributed by atoms with Crippen LogP contribution in [0.4, 0.5) is 4.39 Å². The minimum Gasteiger partial charge on any atom is -0.354 e. The molecule has 0 bridgehead atoms. The molecule has 2 atom stereocenters. The molecule has 0 aliphatic rings. The molecule has 2 unspecified atom stereocenters. The Morgan fingerprint density at radius 3 is 2.25 bits per heavy atom. The molecule has 2 rings (SSSR count). The van der Waals surface area contributed by atoms with Crippen molar-refractivity contribution in [3.63, 3.8) is 0 Å². The third-order valence-corrected chi connectivity index (χ3v) is 4.11. The second-order valence-electron chi connectivity index (χ2n) is 6.72. The summed E-state index contributed by atoms with van der Waals surface area (Å²) in [5.74, 6) is -0.692. The number of guanidine groups is 1. The molecule has 0 aromatic heterocycles. The number of nitrogens with zero attached hydrogens (tertiary/aromatic N) is 1. The predicted octanol–water partition coefficient (Wildman–Crippen LogP) is 2.94. The van der Waals surface area contributed by atoms with Crippen LogP contribution in [0, 0.1) is 5.82 Å². The smallest absolute Gasteiger partial charge is 0.280 e. The van der Waals surface area contributed by atoms with Gasteiger partial charge in [0.1, 0.15) is 5.82 Å². The number of carbonyl (C=O) groups excluding carboxylic acids is 1. The van der Waals surface area contributed by atoms with Gasteiger partial charge in [-0.25, -0.2) is 4.39 Å². The van der Waals surface area contributed by atoms with Crippen molar-refractivity contribution in [3.8, 4) is 0 Å². The topological polar surface area (TPSA) is 106 Å². The van der Waals surface area contributed by atoms with Crippen molar-refractivity contribution in [2.45, 2.75) is 38.5 Å². The van der Waals surface area contributed by atoms with Crippen molar-refractivity contribution >= 4 is 23.5 Å². The maximum atomic E-state index is 13.0. The van der Waals surface area contributed by atoms with E-state index in [1.54, 1.807) is 12.1 Å². The van der Waals surface area contributed by atoms with E-state index in [0.29, 0.717) is 11.4 Å². The van der Waals surface area contributed by atoms with Gasteiger partial charge in [-0.15, -0.1) is 0 Å². The molecule has 1 amide bonds. The third kappa shape index (κ3) is 6.92. The highest BCUT2D eigenvalue weighted by molar-refractivity contribution is 6.30. The van der Waals surface area contributed by atoms with E-state index < -0.39 is 17.9 Å². The molecule has 150 valence electrons. The standard InChI is InChI=1S/C20H25ClFN5O/c1-12(2)25-20(27-19(28)14-5-9-16(22)10-6-14)26-18(24)11-17(23)13-3-7-15(21)8-4-13/h3-10,12,17-18H,11,23-24H2,1-2H3,(H2,25,26,27,28). The number of nitrogens with two attached hydrogens (primary N) is 2. The van der Waals surface area contributed by atoms with Crippen LogP contribution >= 0.6 is 11.6 Å². The van der Waals surface area contributed by atoms with E-state index in [9.17, 15) is 9.18 Å². The van der Waals surface area contributed by atoms with Crippen LogP contribution in [0.5, 0.6) is 0 Å². The van der Waals surface area contributed by atoms with E-state index in [2.05, 4.69) is 15.6 Å². The van der Waals surface area contributed by atoms with E-state index in [1.807, 2.05) is 26.0 Å². The van der Waals surface area contributed by atoms with Crippen LogP contribution in [0.2, 0.25) is 5.02 Å². The molecule has 0 heterocycles. The molecule has 0 aliphatic heterocycles. The van der Waals surface area contributed by atoms with Crippen molar-refractivity contribution in [1.82, 2.24) is 10.6 Å². The molecular weight excluding hydrogens is 381 g/mol. The number of aliphatic imine (C=N–C) groups is 1. The van der Waals surface area contributed by atoms with Gasteiger partial charge in [-0.2, -0.15) is 4.99 Å². The first-order chi connectivity index (χ1) is 13.2. The number of benzene rings is 2. The fourth-order valence-electron chi connectivity index (χ4n) is 2.49. The predicted molar refractivity (Wildman–Crippen MR) is 111 cm³/mol. The van der Waals surface area contributed by atoms with Crippen LogP contribution in [0.25, 0.3) is 0 Å². The summed E-state index contributed by atoms with van der Waals surface area (Å²) in [6.45, 7) is 3.81. The summed E-state index contributed by atoms with van der Waals surface area (Å²) in [6.07, 6.45) is -0.137. The number of halogens is 2. The molecule has 0 aliphatic carbocycles. The zero-order valence-corrected chi connectivity index (χ0v) is 16.6. The SMILES string of the molecule is CC(C)N/C(=N/C(=O)c1ccc(F)cc1)NC(N)CC(N)c1ccc(Cl)cc1. The van der Waals surface area contributed by atoms with Crippen LogP contribution in [-0.2, 0) is 0 Å². The van der Waals surface area contributed by atoms with Crippen molar-refractivity contribution < 1.29 is 9.18 Å². The molecule has 0 fully saturated rings. The third-order valence-electron chi connectivity index (χ3n) is 3.86. The molecule has 28 heavy (non-hydrogen) atoms. The van der Waals surface area contributed by atoms with Crippen molar-refractivity contribution in [3.05, 3.63) is 70.5 Å². The molecule has 0 saturated carbocycles. The minimum absolute atomic E-state index is 0.0180. The van der Waals surface area contributed by atoms with Gasteiger partial charge in [0.25, 0.3) is 5.91 Å². The molecule has 6 N–H and O–H groups in total. The zero-order chi connectivity index (χ0) is 20.7. The Balaban J connectivity index is 2.06. The van der Waals surface area contributed by atoms with E-state index >= 15 is 0 Å². The van der Waals surface area contributed by atoms with Gasteiger partial charge in [-0.1, -0.05) is 23.7 Å². The van der Waals surface area contributed by atoms with Gasteiger partial charge in [0.15, 0.2) is 0 Å². The number of amides is 1. The van der Waals surface area contributed by atoms with Gasteiger partial charge in [-0.3, -0.25) is 4.79 Å². The zero-order valence-electron chi connectivity index (χ0n) is 15.8. The summed E-state index contributed by atoms with van der Waals surface area (Å²) in [6, 6.07) is 12.1. The average Bonchev–Trinajstić information content (AvgIpc) is 2.61. The molecule has 0 spiro atoms. The Bertz CT molecular complexity index is 808. The largest absolute Gasteiger partial charge is 0.354 e. The lowest BCUT2D eigenvalue weighted by Crippen LogP contribution is -2.50. The van der Waals surface area contributed by atoms with E-state index in [1.165, 1.54) is 24.3 Å². The van der Waals surface area contributed by atoms with Gasteiger partial charge in [0.2, 0.25) is 5.96 Å². The van der Waals surface area contributed by atoms with Crippen LogP contribution in [0.1, 0.15) is 42.2 Å². The van der Waals surface area contributed by atoms with Crippen LogP contribution in [0.15, 0.2) is 53.5 Å². The van der Waals surface area contributed by atoms with Gasteiger partial charge < -0.3 is 22.1 Å². The monoisotopic (exact) mass is 405 g/mol. The molecule has 8 heteroatoms. The fraction of sp³-hybridized carbons (Fsp3) is 0.300. The molecular formula is C20H25ClFN5O. The maximum Gasteiger partial charge on any atom is 0.280 e. The van der Waals surface area contributed by atoms with Crippen molar-refractivity contribution in [2.75, 3.05) is 0 Å². The Morgan fingerprint density at radius 1 is 1.07 bits per heavy atom.